The highest BCUT2D eigenvalue weighted by Gasteiger charge is 2.15. The number of pyridine rings is 2. The molecule has 5 aromatic rings. The third-order valence-corrected chi connectivity index (χ3v) is 5.76. The Morgan fingerprint density at radius 2 is 2.00 bits per heavy atom. The second-order valence-electron chi connectivity index (χ2n) is 7.83. The third-order valence-electron chi connectivity index (χ3n) is 5.76. The minimum absolute atomic E-state index is 0.408. The van der Waals surface area contributed by atoms with Crippen LogP contribution in [0.5, 0.6) is 0 Å². The quantitative estimate of drug-likeness (QED) is 0.473. The molecule has 0 spiro atoms. The molecule has 1 aliphatic heterocycles. The topological polar surface area (TPSA) is 84.4 Å². The summed E-state index contributed by atoms with van der Waals surface area (Å²) in [6.45, 7) is 2.06. The SMILES string of the molecule is c1cc(N[C@@H]2CCCNC2)nc(-c2cnc3cnc(-c4cnn5ccccc45)cn23)c1. The lowest BCUT2D eigenvalue weighted by Gasteiger charge is -2.24. The van der Waals surface area contributed by atoms with Crippen LogP contribution in [-0.2, 0) is 0 Å². The zero-order chi connectivity index (χ0) is 20.6. The largest absolute Gasteiger partial charge is 0.366 e. The van der Waals surface area contributed by atoms with Gasteiger partial charge in [0.15, 0.2) is 5.65 Å². The number of aromatic nitrogens is 6. The average Bonchev–Trinajstić information content (AvgIpc) is 3.44. The van der Waals surface area contributed by atoms with Gasteiger partial charge in [0.05, 0.1) is 41.2 Å². The molecule has 8 heteroatoms. The van der Waals surface area contributed by atoms with Crippen molar-refractivity contribution >= 4 is 17.0 Å². The zero-order valence-corrected chi connectivity index (χ0v) is 16.9. The normalized spacial score (nSPS) is 16.7. The summed E-state index contributed by atoms with van der Waals surface area (Å²) in [5.74, 6) is 0.887. The summed E-state index contributed by atoms with van der Waals surface area (Å²) in [7, 11) is 0. The van der Waals surface area contributed by atoms with Gasteiger partial charge in [0.25, 0.3) is 0 Å². The Morgan fingerprint density at radius 1 is 1.00 bits per heavy atom. The maximum Gasteiger partial charge on any atom is 0.155 e. The van der Waals surface area contributed by atoms with Gasteiger partial charge in [-0.3, -0.25) is 9.38 Å². The van der Waals surface area contributed by atoms with Crippen LogP contribution < -0.4 is 10.6 Å². The summed E-state index contributed by atoms with van der Waals surface area (Å²) in [4.78, 5) is 14.0. The number of anilines is 1. The number of rotatable bonds is 4. The van der Waals surface area contributed by atoms with Crippen molar-refractivity contribution in [2.75, 3.05) is 18.4 Å². The molecule has 0 saturated carbocycles. The van der Waals surface area contributed by atoms with Crippen LogP contribution in [0.1, 0.15) is 12.8 Å². The van der Waals surface area contributed by atoms with Gasteiger partial charge in [-0.05, 0) is 43.7 Å². The van der Waals surface area contributed by atoms with Crippen LogP contribution in [0.2, 0.25) is 0 Å². The lowest BCUT2D eigenvalue weighted by molar-refractivity contribution is 0.479. The molecule has 6 rings (SSSR count). The standard InChI is InChI=1S/C23H22N8/c1-2-10-31-20(7-1)17(12-27-31)19-15-30-21(13-26-23(30)14-25-19)18-6-3-8-22(29-18)28-16-5-4-9-24-11-16/h1-3,6-8,10,12-16,24H,4-5,9,11H2,(H,28,29)/t16-/m1/s1. The fourth-order valence-corrected chi connectivity index (χ4v) is 4.19. The Morgan fingerprint density at radius 3 is 2.94 bits per heavy atom. The van der Waals surface area contributed by atoms with E-state index in [9.17, 15) is 0 Å². The van der Waals surface area contributed by atoms with Gasteiger partial charge < -0.3 is 10.6 Å². The van der Waals surface area contributed by atoms with Crippen LogP contribution in [0.15, 0.2) is 67.4 Å². The van der Waals surface area contributed by atoms with Crippen LogP contribution >= 0.6 is 0 Å². The molecule has 8 nitrogen and oxygen atoms in total. The van der Waals surface area contributed by atoms with Crippen molar-refractivity contribution in [3.63, 3.8) is 0 Å². The summed E-state index contributed by atoms with van der Waals surface area (Å²) in [6, 6.07) is 12.5. The first-order valence-electron chi connectivity index (χ1n) is 10.6. The molecule has 0 unspecified atom stereocenters. The molecule has 0 bridgehead atoms. The van der Waals surface area contributed by atoms with Crippen molar-refractivity contribution in [1.29, 1.82) is 0 Å². The van der Waals surface area contributed by atoms with Crippen molar-refractivity contribution < 1.29 is 0 Å². The van der Waals surface area contributed by atoms with Gasteiger partial charge in [0.1, 0.15) is 5.82 Å². The molecule has 1 saturated heterocycles. The predicted octanol–water partition coefficient (Wildman–Crippen LogP) is 3.27. The van der Waals surface area contributed by atoms with E-state index in [1.165, 1.54) is 6.42 Å². The summed E-state index contributed by atoms with van der Waals surface area (Å²) < 4.78 is 3.90. The van der Waals surface area contributed by atoms with Crippen LogP contribution in [0.25, 0.3) is 33.8 Å². The van der Waals surface area contributed by atoms with E-state index in [1.807, 2.05) is 70.1 Å². The number of nitrogens with one attached hydrogen (secondary N) is 2. The molecular formula is C23H22N8. The van der Waals surface area contributed by atoms with Crippen LogP contribution in [0.4, 0.5) is 5.82 Å². The highest BCUT2D eigenvalue weighted by Crippen LogP contribution is 2.26. The Kier molecular flexibility index (Phi) is 4.35. The highest BCUT2D eigenvalue weighted by molar-refractivity contribution is 5.78. The van der Waals surface area contributed by atoms with Crippen molar-refractivity contribution in [3.05, 3.63) is 67.4 Å². The van der Waals surface area contributed by atoms with Gasteiger partial charge in [0.2, 0.25) is 0 Å². The Balaban J connectivity index is 1.38. The Hall–Kier alpha value is -3.78. The Labute approximate surface area is 179 Å². The minimum atomic E-state index is 0.408. The molecule has 154 valence electrons. The molecule has 6 heterocycles. The Bertz CT molecular complexity index is 1360. The number of fused-ring (bicyclic) bond motifs is 2. The predicted molar refractivity (Wildman–Crippen MR) is 120 cm³/mol. The lowest BCUT2D eigenvalue weighted by atomic mass is 10.1. The van der Waals surface area contributed by atoms with Crippen molar-refractivity contribution in [1.82, 2.24) is 34.3 Å². The number of hydrogen-bond donors (Lipinski definition) is 2. The van der Waals surface area contributed by atoms with E-state index < -0.39 is 0 Å². The van der Waals surface area contributed by atoms with Crippen molar-refractivity contribution in [2.45, 2.75) is 18.9 Å². The summed E-state index contributed by atoms with van der Waals surface area (Å²) in [5.41, 5.74) is 5.43. The van der Waals surface area contributed by atoms with E-state index in [4.69, 9.17) is 4.98 Å². The van der Waals surface area contributed by atoms with E-state index in [0.29, 0.717) is 6.04 Å². The van der Waals surface area contributed by atoms with E-state index in [1.54, 1.807) is 6.20 Å². The van der Waals surface area contributed by atoms with Gasteiger partial charge in [-0.25, -0.2) is 14.5 Å². The molecule has 1 atom stereocenters. The highest BCUT2D eigenvalue weighted by atomic mass is 15.2. The third kappa shape index (κ3) is 3.30. The molecule has 31 heavy (non-hydrogen) atoms. The zero-order valence-electron chi connectivity index (χ0n) is 16.9. The first kappa shape index (κ1) is 18.0. The van der Waals surface area contributed by atoms with Gasteiger partial charge in [0, 0.05) is 30.5 Å². The van der Waals surface area contributed by atoms with E-state index >= 15 is 0 Å². The molecule has 0 radical (unpaired) electrons. The smallest absolute Gasteiger partial charge is 0.155 e. The molecule has 1 aliphatic rings. The first-order valence-corrected chi connectivity index (χ1v) is 10.6. The van der Waals surface area contributed by atoms with Gasteiger partial charge in [-0.2, -0.15) is 5.10 Å². The second kappa shape index (κ2) is 7.48. The fourth-order valence-electron chi connectivity index (χ4n) is 4.19. The lowest BCUT2D eigenvalue weighted by Crippen LogP contribution is -2.38. The van der Waals surface area contributed by atoms with E-state index in [0.717, 1.165) is 59.1 Å². The summed E-state index contributed by atoms with van der Waals surface area (Å²) >= 11 is 0. The van der Waals surface area contributed by atoms with E-state index in [2.05, 4.69) is 25.7 Å². The van der Waals surface area contributed by atoms with Crippen molar-refractivity contribution in [2.24, 2.45) is 0 Å². The summed E-state index contributed by atoms with van der Waals surface area (Å²) in [5, 5.41) is 11.4. The maximum atomic E-state index is 4.87. The first-order chi connectivity index (χ1) is 15.3. The van der Waals surface area contributed by atoms with Crippen LogP contribution in [0, 0.1) is 0 Å². The maximum absolute atomic E-state index is 4.87. The second-order valence-corrected chi connectivity index (χ2v) is 7.83. The molecule has 0 aliphatic carbocycles. The number of piperidine rings is 1. The van der Waals surface area contributed by atoms with Gasteiger partial charge >= 0.3 is 0 Å². The number of imidazole rings is 1. The number of hydrogen-bond acceptors (Lipinski definition) is 6. The van der Waals surface area contributed by atoms with E-state index in [-0.39, 0.29) is 0 Å². The fraction of sp³-hybridized carbons (Fsp3) is 0.217. The van der Waals surface area contributed by atoms with Crippen LogP contribution in [-0.4, -0.2) is 48.1 Å². The van der Waals surface area contributed by atoms with Crippen molar-refractivity contribution in [3.8, 4) is 22.6 Å². The van der Waals surface area contributed by atoms with Crippen LogP contribution in [0.3, 0.4) is 0 Å². The van der Waals surface area contributed by atoms with Gasteiger partial charge in [-0.1, -0.05) is 12.1 Å². The molecule has 1 fully saturated rings. The number of nitrogens with zero attached hydrogens (tertiary/aromatic N) is 6. The molecule has 0 aromatic carbocycles. The molecule has 5 aromatic heterocycles. The molecule has 0 amide bonds. The molecular weight excluding hydrogens is 388 g/mol. The van der Waals surface area contributed by atoms with Gasteiger partial charge in [-0.15, -0.1) is 0 Å². The minimum Gasteiger partial charge on any atom is -0.366 e. The monoisotopic (exact) mass is 410 g/mol. The molecule has 2 N–H and O–H groups in total. The average molecular weight is 410 g/mol. The summed E-state index contributed by atoms with van der Waals surface area (Å²) in [6.07, 6.45) is 11.8.